The minimum Gasteiger partial charge on any atom is -0.496 e. The smallest absolute Gasteiger partial charge is 0.276 e. The monoisotopic (exact) mass is 383 g/mol. The maximum atomic E-state index is 12.9. The van der Waals surface area contributed by atoms with E-state index in [1.165, 1.54) is 0 Å². The third-order valence-electron chi connectivity index (χ3n) is 5.58. The minimum atomic E-state index is -0.191. The topological polar surface area (TPSA) is 75.9 Å². The average Bonchev–Trinajstić information content (AvgIpc) is 3.45. The first-order valence-electron chi connectivity index (χ1n) is 9.85. The molecule has 2 aliphatic rings. The first-order chi connectivity index (χ1) is 13.7. The van der Waals surface area contributed by atoms with Crippen molar-refractivity contribution in [3.63, 3.8) is 0 Å². The Labute approximate surface area is 164 Å². The number of amides is 2. The van der Waals surface area contributed by atoms with Crippen molar-refractivity contribution in [2.45, 2.75) is 25.7 Å². The third-order valence-corrected chi connectivity index (χ3v) is 5.58. The van der Waals surface area contributed by atoms with Crippen molar-refractivity contribution in [1.29, 1.82) is 0 Å². The number of likely N-dealkylation sites (tertiary alicyclic amines) is 2. The molecule has 1 aromatic carbocycles. The lowest BCUT2D eigenvalue weighted by atomic mass is 9.96. The van der Waals surface area contributed by atoms with Crippen molar-refractivity contribution in [2.24, 2.45) is 5.92 Å². The molecule has 2 aliphatic heterocycles. The number of para-hydroxylation sites is 1. The van der Waals surface area contributed by atoms with Gasteiger partial charge in [0, 0.05) is 32.2 Å². The van der Waals surface area contributed by atoms with E-state index in [2.05, 4.69) is 5.16 Å². The number of hydrogen-bond donors (Lipinski definition) is 0. The van der Waals surface area contributed by atoms with Crippen molar-refractivity contribution in [3.8, 4) is 17.1 Å². The summed E-state index contributed by atoms with van der Waals surface area (Å²) >= 11 is 0. The summed E-state index contributed by atoms with van der Waals surface area (Å²) < 4.78 is 10.8. The highest BCUT2D eigenvalue weighted by Crippen LogP contribution is 2.30. The Morgan fingerprint density at radius 1 is 1.11 bits per heavy atom. The summed E-state index contributed by atoms with van der Waals surface area (Å²) in [5.74, 6) is 1.03. The number of hydrogen-bond acceptors (Lipinski definition) is 5. The van der Waals surface area contributed by atoms with Gasteiger partial charge in [-0.05, 0) is 37.8 Å². The van der Waals surface area contributed by atoms with Crippen molar-refractivity contribution in [3.05, 3.63) is 36.0 Å². The van der Waals surface area contributed by atoms with E-state index in [0.717, 1.165) is 44.3 Å². The molecule has 0 N–H and O–H groups in total. The van der Waals surface area contributed by atoms with Crippen LogP contribution in [0.15, 0.2) is 34.9 Å². The number of nitrogens with zero attached hydrogens (tertiary/aromatic N) is 3. The molecule has 2 aromatic rings. The Hall–Kier alpha value is -2.83. The van der Waals surface area contributed by atoms with Gasteiger partial charge >= 0.3 is 0 Å². The van der Waals surface area contributed by atoms with Gasteiger partial charge in [-0.15, -0.1) is 0 Å². The second kappa shape index (κ2) is 8.04. The lowest BCUT2D eigenvalue weighted by molar-refractivity contribution is -0.135. The number of carbonyl (C=O) groups is 2. The van der Waals surface area contributed by atoms with E-state index in [0.29, 0.717) is 24.6 Å². The van der Waals surface area contributed by atoms with E-state index in [1.54, 1.807) is 18.1 Å². The zero-order valence-corrected chi connectivity index (χ0v) is 16.1. The highest BCUT2D eigenvalue weighted by Gasteiger charge is 2.33. The number of carbonyl (C=O) groups excluding carboxylic acids is 2. The van der Waals surface area contributed by atoms with Crippen LogP contribution in [0.3, 0.4) is 0 Å². The van der Waals surface area contributed by atoms with E-state index in [1.807, 2.05) is 29.2 Å². The minimum absolute atomic E-state index is 0.114. The molecule has 0 aliphatic carbocycles. The summed E-state index contributed by atoms with van der Waals surface area (Å²) in [4.78, 5) is 29.3. The fourth-order valence-electron chi connectivity index (χ4n) is 4.07. The maximum Gasteiger partial charge on any atom is 0.276 e. The van der Waals surface area contributed by atoms with Crippen LogP contribution in [0.5, 0.6) is 5.75 Å². The molecule has 2 saturated heterocycles. The van der Waals surface area contributed by atoms with Crippen LogP contribution in [0.4, 0.5) is 0 Å². The van der Waals surface area contributed by atoms with Gasteiger partial charge in [0.25, 0.3) is 5.91 Å². The van der Waals surface area contributed by atoms with Crippen LogP contribution >= 0.6 is 0 Å². The molecule has 1 unspecified atom stereocenters. The predicted octanol–water partition coefficient (Wildman–Crippen LogP) is 2.82. The fourth-order valence-corrected chi connectivity index (χ4v) is 4.07. The van der Waals surface area contributed by atoms with Gasteiger partial charge in [0.2, 0.25) is 5.91 Å². The number of aromatic nitrogens is 1. The van der Waals surface area contributed by atoms with Crippen LogP contribution in [0.25, 0.3) is 11.3 Å². The van der Waals surface area contributed by atoms with E-state index < -0.39 is 0 Å². The molecule has 3 heterocycles. The van der Waals surface area contributed by atoms with Crippen molar-refractivity contribution in [2.75, 3.05) is 33.3 Å². The summed E-state index contributed by atoms with van der Waals surface area (Å²) in [6.45, 7) is 2.77. The van der Waals surface area contributed by atoms with E-state index in [9.17, 15) is 9.59 Å². The first kappa shape index (κ1) is 18.5. The Kier molecular flexibility index (Phi) is 5.32. The van der Waals surface area contributed by atoms with Gasteiger partial charge < -0.3 is 19.1 Å². The standard InChI is InChI=1S/C21H25N3O4/c1-27-18-9-3-2-8-16(18)19-13-17(22-28-19)21(26)24-12-6-7-15(14-24)20(25)23-10-4-5-11-23/h2-3,8-9,13,15H,4-7,10-12,14H2,1H3. The Balaban J connectivity index is 1.47. The summed E-state index contributed by atoms with van der Waals surface area (Å²) in [7, 11) is 1.59. The van der Waals surface area contributed by atoms with Gasteiger partial charge in [-0.3, -0.25) is 9.59 Å². The zero-order chi connectivity index (χ0) is 19.5. The average molecular weight is 383 g/mol. The molecule has 28 heavy (non-hydrogen) atoms. The Bertz CT molecular complexity index is 857. The van der Waals surface area contributed by atoms with Crippen LogP contribution in [0.1, 0.15) is 36.2 Å². The highest BCUT2D eigenvalue weighted by molar-refractivity contribution is 5.94. The maximum absolute atomic E-state index is 12.9. The second-order valence-electron chi connectivity index (χ2n) is 7.40. The molecule has 7 heteroatoms. The largest absolute Gasteiger partial charge is 0.496 e. The lowest BCUT2D eigenvalue weighted by Gasteiger charge is -2.33. The van der Waals surface area contributed by atoms with Crippen LogP contribution in [0.2, 0.25) is 0 Å². The SMILES string of the molecule is COc1ccccc1-c1cc(C(=O)N2CCCC(C(=O)N3CCCC3)C2)no1. The number of methoxy groups -OCH3 is 1. The van der Waals surface area contributed by atoms with Crippen LogP contribution in [-0.2, 0) is 4.79 Å². The van der Waals surface area contributed by atoms with Gasteiger partial charge in [-0.25, -0.2) is 0 Å². The summed E-state index contributed by atoms with van der Waals surface area (Å²) in [5.41, 5.74) is 1.01. The molecule has 148 valence electrons. The molecular weight excluding hydrogens is 358 g/mol. The first-order valence-corrected chi connectivity index (χ1v) is 9.85. The van der Waals surface area contributed by atoms with Crippen molar-refractivity contribution in [1.82, 2.24) is 15.0 Å². The lowest BCUT2D eigenvalue weighted by Crippen LogP contribution is -2.46. The molecule has 0 saturated carbocycles. The van der Waals surface area contributed by atoms with Gasteiger partial charge in [0.05, 0.1) is 18.6 Å². The van der Waals surface area contributed by atoms with E-state index in [-0.39, 0.29) is 23.4 Å². The van der Waals surface area contributed by atoms with Crippen molar-refractivity contribution < 1.29 is 18.8 Å². The second-order valence-corrected chi connectivity index (χ2v) is 7.40. The molecule has 1 aromatic heterocycles. The molecule has 1 atom stereocenters. The molecular formula is C21H25N3O4. The predicted molar refractivity (Wildman–Crippen MR) is 103 cm³/mol. The van der Waals surface area contributed by atoms with Crippen LogP contribution in [-0.4, -0.2) is 60.1 Å². The molecule has 0 spiro atoms. The zero-order valence-electron chi connectivity index (χ0n) is 16.1. The molecule has 2 fully saturated rings. The quantitative estimate of drug-likeness (QED) is 0.811. The number of ether oxygens (including phenoxy) is 1. The Morgan fingerprint density at radius 2 is 1.86 bits per heavy atom. The number of piperidine rings is 1. The van der Waals surface area contributed by atoms with Crippen LogP contribution < -0.4 is 4.74 Å². The molecule has 0 radical (unpaired) electrons. The Morgan fingerprint density at radius 3 is 2.64 bits per heavy atom. The highest BCUT2D eigenvalue weighted by atomic mass is 16.5. The molecule has 2 amide bonds. The summed E-state index contributed by atoms with van der Waals surface area (Å²) in [6.07, 6.45) is 3.81. The van der Waals surface area contributed by atoms with Gasteiger partial charge in [0.1, 0.15) is 5.75 Å². The van der Waals surface area contributed by atoms with Crippen LogP contribution in [0, 0.1) is 5.92 Å². The number of benzene rings is 1. The summed E-state index contributed by atoms with van der Waals surface area (Å²) in [5, 5.41) is 3.97. The van der Waals surface area contributed by atoms with Gasteiger partial charge in [-0.1, -0.05) is 17.3 Å². The van der Waals surface area contributed by atoms with E-state index in [4.69, 9.17) is 9.26 Å². The molecule has 7 nitrogen and oxygen atoms in total. The molecule has 4 rings (SSSR count). The molecule has 0 bridgehead atoms. The normalized spacial score (nSPS) is 19.7. The third kappa shape index (κ3) is 3.61. The van der Waals surface area contributed by atoms with Gasteiger partial charge in [-0.2, -0.15) is 0 Å². The van der Waals surface area contributed by atoms with Gasteiger partial charge in [0.15, 0.2) is 11.5 Å². The van der Waals surface area contributed by atoms with Crippen molar-refractivity contribution >= 4 is 11.8 Å². The summed E-state index contributed by atoms with van der Waals surface area (Å²) in [6, 6.07) is 9.08. The van der Waals surface area contributed by atoms with E-state index >= 15 is 0 Å². The fraction of sp³-hybridized carbons (Fsp3) is 0.476. The number of rotatable bonds is 4.